The van der Waals surface area contributed by atoms with Crippen LogP contribution in [-0.2, 0) is 21.4 Å². The van der Waals surface area contributed by atoms with Crippen LogP contribution in [0.4, 0.5) is 13.2 Å². The topological polar surface area (TPSA) is 79.6 Å². The highest BCUT2D eigenvalue weighted by Gasteiger charge is 2.38. The van der Waals surface area contributed by atoms with E-state index in [1.807, 2.05) is 37.3 Å². The minimum Gasteiger partial charge on any atom is -0.475 e. The van der Waals surface area contributed by atoms with Gasteiger partial charge in [-0.2, -0.15) is 13.2 Å². The predicted octanol–water partition coefficient (Wildman–Crippen LogP) is 4.42. The Morgan fingerprint density at radius 2 is 1.66 bits per heavy atom. The number of carbonyl (C=O) groups is 1. The van der Waals surface area contributed by atoms with Gasteiger partial charge in [0.1, 0.15) is 0 Å². The second-order valence-electron chi connectivity index (χ2n) is 7.52. The summed E-state index contributed by atoms with van der Waals surface area (Å²) < 4.78 is 59.4. The third-order valence-electron chi connectivity index (χ3n) is 5.25. The van der Waals surface area contributed by atoms with Crippen LogP contribution in [0.2, 0.25) is 0 Å². The van der Waals surface area contributed by atoms with Crippen molar-refractivity contribution in [3.8, 4) is 0 Å². The summed E-state index contributed by atoms with van der Waals surface area (Å²) in [5, 5.41) is 8.14. The maximum absolute atomic E-state index is 13.1. The van der Waals surface area contributed by atoms with Gasteiger partial charge in [0, 0.05) is 18.1 Å². The van der Waals surface area contributed by atoms with E-state index in [-0.39, 0.29) is 0 Å². The molecule has 6 nitrogen and oxygen atoms in total. The van der Waals surface area contributed by atoms with Gasteiger partial charge >= 0.3 is 12.1 Å². The van der Waals surface area contributed by atoms with Crippen molar-refractivity contribution in [2.45, 2.75) is 37.4 Å². The van der Waals surface area contributed by atoms with E-state index in [2.05, 4.69) is 11.0 Å². The number of nitrogens with zero attached hydrogens (tertiary/aromatic N) is 2. The first-order valence-electron chi connectivity index (χ1n) is 9.94. The number of hydrogen-bond acceptors (Lipinski definition) is 4. The third kappa shape index (κ3) is 5.13. The molecule has 1 fully saturated rings. The molecule has 0 bridgehead atoms. The lowest BCUT2D eigenvalue weighted by Crippen LogP contribution is -2.21. The van der Waals surface area contributed by atoms with Crippen LogP contribution >= 0.6 is 0 Å². The zero-order valence-electron chi connectivity index (χ0n) is 17.3. The Morgan fingerprint density at radius 1 is 1.03 bits per heavy atom. The van der Waals surface area contributed by atoms with Crippen molar-refractivity contribution in [1.29, 1.82) is 0 Å². The maximum atomic E-state index is 13.1. The van der Waals surface area contributed by atoms with Crippen molar-refractivity contribution in [1.82, 2.24) is 8.87 Å². The van der Waals surface area contributed by atoms with E-state index in [1.165, 1.54) is 22.4 Å². The molecule has 2 aromatic carbocycles. The van der Waals surface area contributed by atoms with E-state index in [0.29, 0.717) is 4.90 Å². The lowest BCUT2D eigenvalue weighted by Gasteiger charge is -2.15. The summed E-state index contributed by atoms with van der Waals surface area (Å²) in [4.78, 5) is 11.7. The van der Waals surface area contributed by atoms with Crippen molar-refractivity contribution in [3.63, 3.8) is 0 Å². The maximum Gasteiger partial charge on any atom is 0.490 e. The van der Waals surface area contributed by atoms with Gasteiger partial charge in [0.2, 0.25) is 0 Å². The summed E-state index contributed by atoms with van der Waals surface area (Å²) in [5.74, 6) is -2.76. The van der Waals surface area contributed by atoms with Gasteiger partial charge in [-0.25, -0.2) is 17.2 Å². The van der Waals surface area contributed by atoms with E-state index >= 15 is 0 Å². The van der Waals surface area contributed by atoms with Gasteiger partial charge in [0.05, 0.1) is 10.4 Å². The largest absolute Gasteiger partial charge is 0.490 e. The normalized spacial score (nSPS) is 14.9. The molecule has 0 aliphatic carbocycles. The molecule has 0 saturated carbocycles. The van der Waals surface area contributed by atoms with E-state index < -0.39 is 22.2 Å². The molecule has 3 aromatic rings. The molecule has 0 atom stereocenters. The summed E-state index contributed by atoms with van der Waals surface area (Å²) in [6.45, 7) is 4.96. The highest BCUT2D eigenvalue weighted by molar-refractivity contribution is 7.90. The number of rotatable bonds is 4. The number of hydrogen-bond donors (Lipinski definition) is 1. The Kier molecular flexibility index (Phi) is 6.94. The summed E-state index contributed by atoms with van der Waals surface area (Å²) in [7, 11) is -3.59. The molecule has 1 N–H and O–H groups in total. The standard InChI is InChI=1S/C20H22N2O2S.C2HF3O2/c1-16-7-2-3-10-20(16)25(23,24)22-14-11-18-17(8-6-9-19(18)22)15-21-12-4-5-13-21;3-2(4,5)1(6)7/h2-3,6-11,14H,4-5,12-13,15H2,1H3;(H,6,7). The Hall–Kier alpha value is -2.85. The van der Waals surface area contributed by atoms with Crippen molar-refractivity contribution in [2.24, 2.45) is 0 Å². The van der Waals surface area contributed by atoms with Crippen LogP contribution in [0.1, 0.15) is 24.0 Å². The minimum absolute atomic E-state index is 0.359. The molecule has 0 amide bonds. The average Bonchev–Trinajstić information content (AvgIpc) is 3.38. The van der Waals surface area contributed by atoms with E-state index in [1.54, 1.807) is 18.3 Å². The number of aliphatic carboxylic acids is 1. The van der Waals surface area contributed by atoms with Crippen LogP contribution in [0, 0.1) is 6.92 Å². The van der Waals surface area contributed by atoms with Gasteiger partial charge in [-0.1, -0.05) is 30.3 Å². The Balaban J connectivity index is 0.000000360. The molecule has 0 spiro atoms. The second-order valence-corrected chi connectivity index (χ2v) is 9.30. The number of aryl methyl sites for hydroxylation is 1. The number of alkyl halides is 3. The van der Waals surface area contributed by atoms with Crippen LogP contribution < -0.4 is 0 Å². The molecule has 1 aliphatic heterocycles. The molecule has 1 aliphatic rings. The lowest BCUT2D eigenvalue weighted by atomic mass is 10.1. The number of carboxylic acid groups (broad SMARTS) is 1. The molecule has 1 saturated heterocycles. The zero-order chi connectivity index (χ0) is 23.5. The molecule has 1 aromatic heterocycles. The van der Waals surface area contributed by atoms with Gasteiger partial charge in [-0.3, -0.25) is 4.90 Å². The molecule has 32 heavy (non-hydrogen) atoms. The Labute approximate surface area is 183 Å². The number of halogens is 3. The lowest BCUT2D eigenvalue weighted by molar-refractivity contribution is -0.192. The molecular formula is C22H23F3N2O4S. The molecule has 2 heterocycles. The number of carboxylic acids is 1. The van der Waals surface area contributed by atoms with Gasteiger partial charge in [-0.05, 0) is 62.2 Å². The van der Waals surface area contributed by atoms with Crippen LogP contribution in [0.25, 0.3) is 10.9 Å². The molecule has 0 unspecified atom stereocenters. The van der Waals surface area contributed by atoms with E-state index in [4.69, 9.17) is 9.90 Å². The number of fused-ring (bicyclic) bond motifs is 1. The Morgan fingerprint density at radius 3 is 2.25 bits per heavy atom. The highest BCUT2D eigenvalue weighted by Crippen LogP contribution is 2.27. The number of aromatic nitrogens is 1. The predicted molar refractivity (Wildman–Crippen MR) is 114 cm³/mol. The highest BCUT2D eigenvalue weighted by atomic mass is 32.2. The monoisotopic (exact) mass is 468 g/mol. The van der Waals surface area contributed by atoms with Crippen LogP contribution in [0.5, 0.6) is 0 Å². The van der Waals surface area contributed by atoms with E-state index in [9.17, 15) is 21.6 Å². The minimum atomic E-state index is -5.08. The van der Waals surface area contributed by atoms with Gasteiger partial charge in [0.25, 0.3) is 10.0 Å². The SMILES string of the molecule is Cc1ccccc1S(=O)(=O)n1ccc2c(CN3CCCC3)cccc21.O=C(O)C(F)(F)F. The summed E-state index contributed by atoms with van der Waals surface area (Å²) in [5.41, 5.74) is 2.70. The summed E-state index contributed by atoms with van der Waals surface area (Å²) >= 11 is 0. The van der Waals surface area contributed by atoms with Crippen molar-refractivity contribution in [2.75, 3.05) is 13.1 Å². The molecule has 172 valence electrons. The third-order valence-corrected chi connectivity index (χ3v) is 7.10. The van der Waals surface area contributed by atoms with Gasteiger partial charge in [0.15, 0.2) is 0 Å². The fraction of sp³-hybridized carbons (Fsp3) is 0.318. The quantitative estimate of drug-likeness (QED) is 0.614. The van der Waals surface area contributed by atoms with Crippen LogP contribution in [-0.4, -0.2) is 47.6 Å². The smallest absolute Gasteiger partial charge is 0.475 e. The van der Waals surface area contributed by atoms with Crippen molar-refractivity contribution < 1.29 is 31.5 Å². The number of likely N-dealkylation sites (tertiary alicyclic amines) is 1. The first-order chi connectivity index (χ1) is 15.0. The first kappa shape index (κ1) is 23.8. The van der Waals surface area contributed by atoms with Gasteiger partial charge < -0.3 is 5.11 Å². The second kappa shape index (κ2) is 9.33. The molecule has 4 rings (SSSR count). The van der Waals surface area contributed by atoms with E-state index in [0.717, 1.165) is 36.1 Å². The fourth-order valence-corrected chi connectivity index (χ4v) is 5.26. The van der Waals surface area contributed by atoms with Crippen molar-refractivity contribution >= 4 is 26.9 Å². The Bertz CT molecular complexity index is 1210. The van der Waals surface area contributed by atoms with Crippen LogP contribution in [0.15, 0.2) is 59.6 Å². The molecular weight excluding hydrogens is 445 g/mol. The van der Waals surface area contributed by atoms with Crippen molar-refractivity contribution in [3.05, 3.63) is 65.9 Å². The molecule has 0 radical (unpaired) electrons. The fourth-order valence-electron chi connectivity index (χ4n) is 3.69. The molecule has 10 heteroatoms. The summed E-state index contributed by atoms with van der Waals surface area (Å²) in [6.07, 6.45) is -0.906. The number of benzene rings is 2. The zero-order valence-corrected chi connectivity index (χ0v) is 18.2. The first-order valence-corrected chi connectivity index (χ1v) is 11.4. The van der Waals surface area contributed by atoms with Gasteiger partial charge in [-0.15, -0.1) is 0 Å². The summed E-state index contributed by atoms with van der Waals surface area (Å²) in [6, 6.07) is 15.0. The van der Waals surface area contributed by atoms with Crippen LogP contribution in [0.3, 0.4) is 0 Å². The average molecular weight is 468 g/mol.